The van der Waals surface area contributed by atoms with Gasteiger partial charge >= 0.3 is 0 Å². The smallest absolute Gasteiger partial charge is 0.178 e. The molecule has 1 nitrogen and oxygen atoms in total. The molecule has 0 bridgehead atoms. The monoisotopic (exact) mass is 261 g/mol. The van der Waals surface area contributed by atoms with Crippen LogP contribution in [0, 0.1) is 6.07 Å². The molecule has 1 radical (unpaired) electrons. The van der Waals surface area contributed by atoms with Crippen molar-refractivity contribution in [2.45, 2.75) is 5.01 Å². The first-order valence-corrected chi connectivity index (χ1v) is 5.59. The van der Waals surface area contributed by atoms with Crippen LogP contribution >= 0.6 is 15.9 Å². The van der Waals surface area contributed by atoms with E-state index in [0.717, 1.165) is 11.3 Å². The molecule has 2 aromatic rings. The Labute approximate surface area is 97.8 Å². The highest BCUT2D eigenvalue weighted by Crippen LogP contribution is 2.26. The molecule has 75 valence electrons. The standard InChI is InChI=1S/C13H10BrO/c14-13(11-7-3-1-4-8-11)15-12-9-5-2-6-10-12/h1,3-10,13H. The molecule has 0 saturated carbocycles. The molecule has 2 aromatic carbocycles. The average molecular weight is 262 g/mol. The van der Waals surface area contributed by atoms with Gasteiger partial charge in [-0.15, -0.1) is 0 Å². The maximum absolute atomic E-state index is 5.70. The summed E-state index contributed by atoms with van der Waals surface area (Å²) in [5, 5.41) is -0.110. The molecule has 0 N–H and O–H groups in total. The van der Waals surface area contributed by atoms with E-state index >= 15 is 0 Å². The fraction of sp³-hybridized carbons (Fsp3) is 0.0769. The molecule has 15 heavy (non-hydrogen) atoms. The average Bonchev–Trinajstić information content (AvgIpc) is 2.31. The van der Waals surface area contributed by atoms with E-state index < -0.39 is 0 Å². The molecule has 0 aliphatic carbocycles. The Morgan fingerprint density at radius 2 is 1.67 bits per heavy atom. The summed E-state index contributed by atoms with van der Waals surface area (Å²) in [5.41, 5.74) is 1.10. The third-order valence-corrected chi connectivity index (χ3v) is 2.70. The summed E-state index contributed by atoms with van der Waals surface area (Å²) in [4.78, 5) is 0. The first-order chi connectivity index (χ1) is 7.36. The molecular weight excluding hydrogens is 252 g/mol. The number of halogens is 1. The van der Waals surface area contributed by atoms with Gasteiger partial charge in [-0.1, -0.05) is 42.5 Å². The normalized spacial score (nSPS) is 12.1. The molecular formula is C13H10BrO. The van der Waals surface area contributed by atoms with Crippen molar-refractivity contribution < 1.29 is 4.74 Å². The van der Waals surface area contributed by atoms with Gasteiger partial charge in [0.1, 0.15) is 5.75 Å². The van der Waals surface area contributed by atoms with Gasteiger partial charge in [0.25, 0.3) is 0 Å². The maximum atomic E-state index is 5.70. The number of benzene rings is 2. The summed E-state index contributed by atoms with van der Waals surface area (Å²) in [7, 11) is 0. The van der Waals surface area contributed by atoms with E-state index in [2.05, 4.69) is 22.0 Å². The van der Waals surface area contributed by atoms with Crippen molar-refractivity contribution >= 4 is 15.9 Å². The van der Waals surface area contributed by atoms with Crippen molar-refractivity contribution in [1.82, 2.24) is 0 Å². The number of ether oxygens (including phenoxy) is 1. The first kappa shape index (κ1) is 10.2. The molecule has 0 saturated heterocycles. The zero-order chi connectivity index (χ0) is 10.5. The van der Waals surface area contributed by atoms with Gasteiger partial charge in [0, 0.05) is 5.56 Å². The van der Waals surface area contributed by atoms with E-state index in [1.54, 1.807) is 0 Å². The number of rotatable bonds is 3. The van der Waals surface area contributed by atoms with Crippen LogP contribution in [0.4, 0.5) is 0 Å². The van der Waals surface area contributed by atoms with Crippen LogP contribution in [0.3, 0.4) is 0 Å². The largest absolute Gasteiger partial charge is 0.474 e. The van der Waals surface area contributed by atoms with E-state index in [1.165, 1.54) is 0 Å². The quantitative estimate of drug-likeness (QED) is 0.761. The lowest BCUT2D eigenvalue weighted by molar-refractivity contribution is 0.302. The number of alkyl halides is 1. The Kier molecular flexibility index (Phi) is 3.41. The summed E-state index contributed by atoms with van der Waals surface area (Å²) in [6.45, 7) is 0. The van der Waals surface area contributed by atoms with Gasteiger partial charge in [-0.2, -0.15) is 0 Å². The lowest BCUT2D eigenvalue weighted by Crippen LogP contribution is -1.98. The zero-order valence-corrected chi connectivity index (χ0v) is 9.65. The molecule has 0 aromatic heterocycles. The highest BCUT2D eigenvalue weighted by Gasteiger charge is 2.07. The van der Waals surface area contributed by atoms with Crippen LogP contribution in [0.25, 0.3) is 0 Å². The fourth-order valence-electron chi connectivity index (χ4n) is 1.24. The topological polar surface area (TPSA) is 9.23 Å². The minimum absolute atomic E-state index is 0.110. The Morgan fingerprint density at radius 3 is 2.33 bits per heavy atom. The molecule has 1 unspecified atom stereocenters. The lowest BCUT2D eigenvalue weighted by atomic mass is 10.2. The van der Waals surface area contributed by atoms with Gasteiger partial charge in [0.05, 0.1) is 0 Å². The molecule has 0 spiro atoms. The van der Waals surface area contributed by atoms with E-state index in [4.69, 9.17) is 4.74 Å². The van der Waals surface area contributed by atoms with Crippen molar-refractivity contribution in [1.29, 1.82) is 0 Å². The number of hydrogen-bond donors (Lipinski definition) is 0. The van der Waals surface area contributed by atoms with Crippen LogP contribution in [0.15, 0.2) is 54.6 Å². The maximum Gasteiger partial charge on any atom is 0.178 e. The molecule has 2 rings (SSSR count). The Bertz CT molecular complexity index is 399. The molecule has 0 aliphatic heterocycles. The van der Waals surface area contributed by atoms with Crippen molar-refractivity contribution in [2.75, 3.05) is 0 Å². The highest BCUT2D eigenvalue weighted by atomic mass is 79.9. The summed E-state index contributed by atoms with van der Waals surface area (Å²) in [6.07, 6.45) is 0. The molecule has 0 heterocycles. The third-order valence-electron chi connectivity index (χ3n) is 1.99. The molecule has 2 heteroatoms. The highest BCUT2D eigenvalue weighted by molar-refractivity contribution is 9.09. The second kappa shape index (κ2) is 4.99. The van der Waals surface area contributed by atoms with Crippen LogP contribution in [-0.2, 0) is 0 Å². The molecule has 1 atom stereocenters. The van der Waals surface area contributed by atoms with Gasteiger partial charge in [0.2, 0.25) is 0 Å². The third kappa shape index (κ3) is 2.83. The van der Waals surface area contributed by atoms with Crippen LogP contribution in [-0.4, -0.2) is 0 Å². The zero-order valence-electron chi connectivity index (χ0n) is 8.06. The van der Waals surface area contributed by atoms with Crippen LogP contribution in [0.1, 0.15) is 10.6 Å². The van der Waals surface area contributed by atoms with Gasteiger partial charge in [-0.05, 0) is 34.1 Å². The summed E-state index contributed by atoms with van der Waals surface area (Å²) in [5.74, 6) is 0.833. The second-order valence-corrected chi connectivity index (χ2v) is 3.91. The predicted molar refractivity (Wildman–Crippen MR) is 64.0 cm³/mol. The predicted octanol–water partition coefficient (Wildman–Crippen LogP) is 3.96. The Morgan fingerprint density at radius 1 is 1.00 bits per heavy atom. The van der Waals surface area contributed by atoms with Crippen molar-refractivity contribution in [3.05, 3.63) is 66.2 Å². The summed E-state index contributed by atoms with van der Waals surface area (Å²) in [6, 6.07) is 20.4. The van der Waals surface area contributed by atoms with Crippen molar-refractivity contribution in [3.63, 3.8) is 0 Å². The Hall–Kier alpha value is -1.28. The summed E-state index contributed by atoms with van der Waals surface area (Å²) < 4.78 is 5.70. The van der Waals surface area contributed by atoms with Gasteiger partial charge in [-0.25, -0.2) is 0 Å². The van der Waals surface area contributed by atoms with E-state index in [-0.39, 0.29) is 5.01 Å². The molecule has 0 fully saturated rings. The van der Waals surface area contributed by atoms with Gasteiger partial charge < -0.3 is 4.74 Å². The van der Waals surface area contributed by atoms with E-state index in [9.17, 15) is 0 Å². The summed E-state index contributed by atoms with van der Waals surface area (Å²) >= 11 is 3.49. The fourth-order valence-corrected chi connectivity index (χ4v) is 1.76. The van der Waals surface area contributed by atoms with Crippen LogP contribution in [0.2, 0.25) is 0 Å². The van der Waals surface area contributed by atoms with Crippen molar-refractivity contribution in [2.24, 2.45) is 0 Å². The van der Waals surface area contributed by atoms with Gasteiger partial charge in [-0.3, -0.25) is 0 Å². The molecule has 0 aliphatic rings. The molecule has 0 amide bonds. The second-order valence-electron chi connectivity index (χ2n) is 3.08. The SMILES string of the molecule is BrC(Oc1cc[c]cc1)c1ccccc1. The first-order valence-electron chi connectivity index (χ1n) is 4.68. The minimum atomic E-state index is -0.110. The minimum Gasteiger partial charge on any atom is -0.474 e. The van der Waals surface area contributed by atoms with E-state index in [0.29, 0.717) is 0 Å². The lowest BCUT2D eigenvalue weighted by Gasteiger charge is -2.12. The van der Waals surface area contributed by atoms with Crippen molar-refractivity contribution in [3.8, 4) is 5.75 Å². The van der Waals surface area contributed by atoms with Gasteiger partial charge in [0.15, 0.2) is 5.01 Å². The van der Waals surface area contributed by atoms with Crippen LogP contribution in [0.5, 0.6) is 5.75 Å². The van der Waals surface area contributed by atoms with Crippen LogP contribution < -0.4 is 4.74 Å². The Balaban J connectivity index is 2.08. The number of hydrogen-bond acceptors (Lipinski definition) is 1. The van der Waals surface area contributed by atoms with E-state index in [1.807, 2.05) is 54.6 Å².